The van der Waals surface area contributed by atoms with Gasteiger partial charge in [0.15, 0.2) is 0 Å². The molecule has 0 fully saturated rings. The van der Waals surface area contributed by atoms with Gasteiger partial charge in [-0.25, -0.2) is 0 Å². The first-order chi connectivity index (χ1) is 13.7. The summed E-state index contributed by atoms with van der Waals surface area (Å²) in [5.41, 5.74) is -1.38. The average Bonchev–Trinajstić information content (AvgIpc) is 3.14. The maximum atomic E-state index is 12.3. The van der Waals surface area contributed by atoms with E-state index in [4.69, 9.17) is 27.9 Å². The van der Waals surface area contributed by atoms with Crippen LogP contribution in [-0.4, -0.2) is 26.0 Å². The molecule has 2 aromatic carbocycles. The molecule has 1 heterocycles. The van der Waals surface area contributed by atoms with Gasteiger partial charge >= 0.3 is 5.69 Å². The Balaban J connectivity index is 1.92. The number of non-ortho nitro benzene ring substituents is 1. The number of anilines is 1. The minimum Gasteiger partial charge on any atom is -0.455 e. The number of benzene rings is 2. The molecular formula is C16H9Cl2N5O6. The zero-order valence-corrected chi connectivity index (χ0v) is 15.6. The number of nitro benzene ring substituents is 1. The predicted molar refractivity (Wildman–Crippen MR) is 103 cm³/mol. The Kier molecular flexibility index (Phi) is 5.61. The fraction of sp³-hybridized carbons (Fsp3) is 0. The summed E-state index contributed by atoms with van der Waals surface area (Å²) >= 11 is 11.9. The van der Waals surface area contributed by atoms with Crippen molar-refractivity contribution in [3.63, 3.8) is 0 Å². The van der Waals surface area contributed by atoms with Gasteiger partial charge in [-0.1, -0.05) is 23.2 Å². The number of rotatable bonds is 6. The molecule has 13 heteroatoms. The summed E-state index contributed by atoms with van der Waals surface area (Å²) in [6, 6.07) is 7.89. The number of halogens is 2. The summed E-state index contributed by atoms with van der Waals surface area (Å²) < 4.78 is 5.56. The molecule has 1 aromatic heterocycles. The molecule has 29 heavy (non-hydrogen) atoms. The van der Waals surface area contributed by atoms with Gasteiger partial charge in [0.05, 0.1) is 26.6 Å². The number of aromatic amines is 1. The number of nitrogens with one attached hydrogen (secondary N) is 2. The Morgan fingerprint density at radius 3 is 2.52 bits per heavy atom. The van der Waals surface area contributed by atoms with E-state index >= 15 is 0 Å². The third kappa shape index (κ3) is 4.59. The summed E-state index contributed by atoms with van der Waals surface area (Å²) in [5.74, 6) is -0.735. The van der Waals surface area contributed by atoms with E-state index in [2.05, 4.69) is 15.5 Å². The number of nitro groups is 2. The topological polar surface area (TPSA) is 153 Å². The van der Waals surface area contributed by atoms with Crippen molar-refractivity contribution >= 4 is 46.2 Å². The Labute approximate surface area is 171 Å². The standard InChI is InChI=1S/C16H9Cl2N5O6/c17-8-1-2-14(12(18)3-8)29-11-5-9(4-10(6-11)22(25)26)20-16(24)15-13(23(27)28)7-19-21-15/h1-7H,(H,19,21)(H,20,24). The monoisotopic (exact) mass is 437 g/mol. The van der Waals surface area contributed by atoms with Crippen molar-refractivity contribution in [2.75, 3.05) is 5.32 Å². The van der Waals surface area contributed by atoms with Crippen LogP contribution < -0.4 is 10.1 Å². The van der Waals surface area contributed by atoms with E-state index in [1.807, 2.05) is 0 Å². The molecule has 3 aromatic rings. The maximum absolute atomic E-state index is 12.3. The van der Waals surface area contributed by atoms with Gasteiger partial charge < -0.3 is 10.1 Å². The summed E-state index contributed by atoms with van der Waals surface area (Å²) in [7, 11) is 0. The van der Waals surface area contributed by atoms with E-state index in [0.717, 1.165) is 18.3 Å². The van der Waals surface area contributed by atoms with E-state index in [1.165, 1.54) is 24.3 Å². The molecule has 148 valence electrons. The molecule has 0 radical (unpaired) electrons. The lowest BCUT2D eigenvalue weighted by Crippen LogP contribution is -2.14. The highest BCUT2D eigenvalue weighted by atomic mass is 35.5. The fourth-order valence-electron chi connectivity index (χ4n) is 2.28. The third-order valence-electron chi connectivity index (χ3n) is 3.52. The van der Waals surface area contributed by atoms with Gasteiger partial charge in [0.1, 0.15) is 17.7 Å². The first-order valence-corrected chi connectivity index (χ1v) is 8.41. The molecule has 0 bridgehead atoms. The number of aromatic nitrogens is 2. The first-order valence-electron chi connectivity index (χ1n) is 7.66. The van der Waals surface area contributed by atoms with Crippen molar-refractivity contribution in [3.8, 4) is 11.5 Å². The van der Waals surface area contributed by atoms with Crippen LogP contribution in [0, 0.1) is 20.2 Å². The van der Waals surface area contributed by atoms with Gasteiger partial charge in [-0.05, 0) is 18.2 Å². The molecule has 0 saturated carbocycles. The second kappa shape index (κ2) is 8.12. The van der Waals surface area contributed by atoms with Crippen LogP contribution in [0.5, 0.6) is 11.5 Å². The SMILES string of the molecule is O=C(Nc1cc(Oc2ccc(Cl)cc2Cl)cc([N+](=O)[O-])c1)c1[nH]ncc1[N+](=O)[O-]. The van der Waals surface area contributed by atoms with Crippen molar-refractivity contribution in [2.45, 2.75) is 0 Å². The first kappa shape index (κ1) is 20.0. The van der Waals surface area contributed by atoms with Crippen molar-refractivity contribution in [3.05, 3.63) is 78.6 Å². The summed E-state index contributed by atoms with van der Waals surface area (Å²) in [6.07, 6.45) is 0.874. The molecule has 0 saturated heterocycles. The molecule has 0 aliphatic heterocycles. The van der Waals surface area contributed by atoms with E-state index in [0.29, 0.717) is 5.02 Å². The lowest BCUT2D eigenvalue weighted by atomic mass is 10.2. The Hall–Kier alpha value is -3.70. The van der Waals surface area contributed by atoms with E-state index in [1.54, 1.807) is 0 Å². The number of hydrogen-bond donors (Lipinski definition) is 2. The highest BCUT2D eigenvalue weighted by molar-refractivity contribution is 6.35. The molecule has 0 atom stereocenters. The highest BCUT2D eigenvalue weighted by Gasteiger charge is 2.23. The van der Waals surface area contributed by atoms with Crippen molar-refractivity contribution in [1.82, 2.24) is 10.2 Å². The average molecular weight is 438 g/mol. The summed E-state index contributed by atoms with van der Waals surface area (Å²) in [6.45, 7) is 0. The molecule has 0 spiro atoms. The largest absolute Gasteiger partial charge is 0.455 e. The third-order valence-corrected chi connectivity index (χ3v) is 4.06. The second-order valence-electron chi connectivity index (χ2n) is 5.49. The number of carbonyl (C=O) groups is 1. The highest BCUT2D eigenvalue weighted by Crippen LogP contribution is 2.34. The number of hydrogen-bond acceptors (Lipinski definition) is 7. The maximum Gasteiger partial charge on any atom is 0.319 e. The Morgan fingerprint density at radius 2 is 1.86 bits per heavy atom. The lowest BCUT2D eigenvalue weighted by Gasteiger charge is -2.10. The van der Waals surface area contributed by atoms with Gasteiger partial charge in [0.2, 0.25) is 5.69 Å². The number of carbonyl (C=O) groups excluding carboxylic acids is 1. The zero-order valence-electron chi connectivity index (χ0n) is 14.1. The normalized spacial score (nSPS) is 10.4. The van der Waals surface area contributed by atoms with Gasteiger partial charge in [0.25, 0.3) is 11.6 Å². The van der Waals surface area contributed by atoms with E-state index < -0.39 is 27.1 Å². The minimum absolute atomic E-state index is 0.00201. The van der Waals surface area contributed by atoms with Crippen molar-refractivity contribution < 1.29 is 19.4 Å². The second-order valence-corrected chi connectivity index (χ2v) is 6.33. The molecule has 0 aliphatic rings. The van der Waals surface area contributed by atoms with Crippen LogP contribution in [0.15, 0.2) is 42.6 Å². The van der Waals surface area contributed by atoms with Crippen molar-refractivity contribution in [1.29, 1.82) is 0 Å². The van der Waals surface area contributed by atoms with Crippen LogP contribution in [0.25, 0.3) is 0 Å². The molecular weight excluding hydrogens is 429 g/mol. The Bertz CT molecular complexity index is 1130. The smallest absolute Gasteiger partial charge is 0.319 e. The van der Waals surface area contributed by atoms with Gasteiger partial charge in [-0.15, -0.1) is 0 Å². The molecule has 3 rings (SSSR count). The molecule has 11 nitrogen and oxygen atoms in total. The van der Waals surface area contributed by atoms with Crippen LogP contribution in [-0.2, 0) is 0 Å². The molecule has 0 unspecified atom stereocenters. The van der Waals surface area contributed by atoms with Crippen LogP contribution in [0.1, 0.15) is 10.5 Å². The van der Waals surface area contributed by atoms with Gasteiger partial charge in [0, 0.05) is 17.2 Å². The zero-order chi connectivity index (χ0) is 21.1. The predicted octanol–water partition coefficient (Wildman–Crippen LogP) is 4.58. The number of ether oxygens (including phenoxy) is 1. The van der Waals surface area contributed by atoms with E-state index in [-0.39, 0.29) is 27.9 Å². The van der Waals surface area contributed by atoms with Crippen LogP contribution >= 0.6 is 23.2 Å². The fourth-order valence-corrected chi connectivity index (χ4v) is 2.73. The molecule has 1 amide bonds. The summed E-state index contributed by atoms with van der Waals surface area (Å²) in [5, 5.41) is 30.7. The quantitative estimate of drug-likeness (QED) is 0.422. The Morgan fingerprint density at radius 1 is 1.10 bits per heavy atom. The van der Waals surface area contributed by atoms with Crippen LogP contribution in [0.2, 0.25) is 10.0 Å². The number of nitrogens with zero attached hydrogens (tertiary/aromatic N) is 3. The lowest BCUT2D eigenvalue weighted by molar-refractivity contribution is -0.385. The van der Waals surface area contributed by atoms with Crippen LogP contribution in [0.4, 0.5) is 17.1 Å². The van der Waals surface area contributed by atoms with Crippen LogP contribution in [0.3, 0.4) is 0 Å². The van der Waals surface area contributed by atoms with Gasteiger partial charge in [-0.3, -0.25) is 30.1 Å². The summed E-state index contributed by atoms with van der Waals surface area (Å²) in [4.78, 5) is 33.0. The van der Waals surface area contributed by atoms with Crippen molar-refractivity contribution in [2.24, 2.45) is 0 Å². The number of amides is 1. The molecule has 0 aliphatic carbocycles. The van der Waals surface area contributed by atoms with Gasteiger partial charge in [-0.2, -0.15) is 5.10 Å². The van der Waals surface area contributed by atoms with E-state index in [9.17, 15) is 25.0 Å². The minimum atomic E-state index is -0.912. The number of H-pyrrole nitrogens is 1. The molecule has 2 N–H and O–H groups in total.